The summed E-state index contributed by atoms with van der Waals surface area (Å²) in [4.78, 5) is 17.1. The molecule has 128 valence electrons. The Kier molecular flexibility index (Phi) is 4.64. The minimum atomic E-state index is -0.665. The van der Waals surface area contributed by atoms with Gasteiger partial charge >= 0.3 is 0 Å². The fourth-order valence-electron chi connectivity index (χ4n) is 3.13. The van der Waals surface area contributed by atoms with Crippen LogP contribution in [0.15, 0.2) is 28.8 Å². The minimum Gasteiger partial charge on any atom is -0.338 e. The predicted molar refractivity (Wildman–Crippen MR) is 87.0 cm³/mol. The molecule has 0 bridgehead atoms. The van der Waals surface area contributed by atoms with Gasteiger partial charge in [-0.2, -0.15) is 4.98 Å². The van der Waals surface area contributed by atoms with Crippen LogP contribution in [0.2, 0.25) is 0 Å². The van der Waals surface area contributed by atoms with Gasteiger partial charge in [-0.3, -0.25) is 4.79 Å². The van der Waals surface area contributed by atoms with Gasteiger partial charge in [0.1, 0.15) is 11.4 Å². The highest BCUT2D eigenvalue weighted by Gasteiger charge is 2.41. The van der Waals surface area contributed by atoms with E-state index < -0.39 is 11.4 Å². The highest BCUT2D eigenvalue weighted by Crippen LogP contribution is 2.37. The number of aromatic nitrogens is 2. The molecule has 0 aliphatic heterocycles. The monoisotopic (exact) mass is 331 g/mol. The number of hydrogen-bond donors (Lipinski definition) is 1. The summed E-state index contributed by atoms with van der Waals surface area (Å²) in [6.07, 6.45) is 4.55. The largest absolute Gasteiger partial charge is 0.338 e. The van der Waals surface area contributed by atoms with Crippen molar-refractivity contribution in [1.82, 2.24) is 15.5 Å². The van der Waals surface area contributed by atoms with Gasteiger partial charge in [-0.1, -0.05) is 44.3 Å². The molecule has 0 spiro atoms. The van der Waals surface area contributed by atoms with Gasteiger partial charge in [0.15, 0.2) is 5.82 Å². The highest BCUT2D eigenvalue weighted by molar-refractivity contribution is 5.94. The Labute approximate surface area is 140 Å². The van der Waals surface area contributed by atoms with E-state index in [1.54, 1.807) is 6.07 Å². The second-order valence-electron chi connectivity index (χ2n) is 6.72. The molecule has 0 unspecified atom stereocenters. The van der Waals surface area contributed by atoms with Crippen molar-refractivity contribution in [2.45, 2.75) is 57.4 Å². The Morgan fingerprint density at radius 2 is 2.04 bits per heavy atom. The van der Waals surface area contributed by atoms with Crippen LogP contribution in [0.1, 0.15) is 73.9 Å². The van der Waals surface area contributed by atoms with Gasteiger partial charge in [0, 0.05) is 11.5 Å². The Morgan fingerprint density at radius 1 is 1.29 bits per heavy atom. The number of nitrogens with one attached hydrogen (secondary N) is 1. The molecule has 0 saturated heterocycles. The van der Waals surface area contributed by atoms with E-state index in [4.69, 9.17) is 4.52 Å². The normalized spacial score (nSPS) is 17.0. The third kappa shape index (κ3) is 3.32. The van der Waals surface area contributed by atoms with Gasteiger partial charge in [-0.15, -0.1) is 0 Å². The maximum Gasteiger partial charge on any atom is 0.252 e. The lowest BCUT2D eigenvalue weighted by atomic mass is 9.81. The first kappa shape index (κ1) is 16.6. The Morgan fingerprint density at radius 3 is 2.67 bits per heavy atom. The van der Waals surface area contributed by atoms with Crippen LogP contribution in [0.25, 0.3) is 0 Å². The van der Waals surface area contributed by atoms with Crippen LogP contribution < -0.4 is 5.32 Å². The third-order valence-electron chi connectivity index (χ3n) is 4.51. The molecule has 2 aromatic rings. The molecule has 6 heteroatoms. The standard InChI is InChI=1S/C18H22FN3O2/c1-12(2)15-20-17(24-22-15)18(9-4-3-5-10-18)21-16(23)13-7-6-8-14(19)11-13/h6-8,11-12H,3-5,9-10H2,1-2H3,(H,21,23). The number of halogens is 1. The Bertz CT molecular complexity index is 721. The topological polar surface area (TPSA) is 68.0 Å². The summed E-state index contributed by atoms with van der Waals surface area (Å²) in [6.45, 7) is 3.99. The van der Waals surface area contributed by atoms with Crippen molar-refractivity contribution in [3.8, 4) is 0 Å². The van der Waals surface area contributed by atoms with Crippen LogP contribution in [0.3, 0.4) is 0 Å². The summed E-state index contributed by atoms with van der Waals surface area (Å²) in [6, 6.07) is 5.68. The molecule has 1 saturated carbocycles. The molecule has 1 N–H and O–H groups in total. The van der Waals surface area contributed by atoms with E-state index in [0.717, 1.165) is 32.1 Å². The minimum absolute atomic E-state index is 0.155. The zero-order valence-corrected chi connectivity index (χ0v) is 14.0. The molecule has 1 aliphatic carbocycles. The molecular formula is C18H22FN3O2. The SMILES string of the molecule is CC(C)c1noc(C2(NC(=O)c3cccc(F)c3)CCCCC2)n1. The van der Waals surface area contributed by atoms with E-state index in [0.29, 0.717) is 17.3 Å². The van der Waals surface area contributed by atoms with Gasteiger partial charge < -0.3 is 9.84 Å². The van der Waals surface area contributed by atoms with Crippen LogP contribution >= 0.6 is 0 Å². The molecule has 0 atom stereocenters. The first-order chi connectivity index (χ1) is 11.5. The summed E-state index contributed by atoms with van der Waals surface area (Å²) < 4.78 is 18.9. The summed E-state index contributed by atoms with van der Waals surface area (Å²) >= 11 is 0. The van der Waals surface area contributed by atoms with Crippen molar-refractivity contribution < 1.29 is 13.7 Å². The van der Waals surface area contributed by atoms with Crippen molar-refractivity contribution in [1.29, 1.82) is 0 Å². The number of carbonyl (C=O) groups is 1. The quantitative estimate of drug-likeness (QED) is 0.922. The van der Waals surface area contributed by atoms with Crippen molar-refractivity contribution >= 4 is 5.91 Å². The molecule has 1 amide bonds. The smallest absolute Gasteiger partial charge is 0.252 e. The number of rotatable bonds is 4. The van der Waals surface area contributed by atoms with E-state index in [-0.39, 0.29) is 11.8 Å². The molecule has 24 heavy (non-hydrogen) atoms. The molecule has 1 aromatic heterocycles. The van der Waals surface area contributed by atoms with Crippen LogP contribution in [0.4, 0.5) is 4.39 Å². The van der Waals surface area contributed by atoms with Crippen molar-refractivity contribution in [3.63, 3.8) is 0 Å². The molecule has 0 radical (unpaired) electrons. The van der Waals surface area contributed by atoms with Crippen LogP contribution in [-0.2, 0) is 5.54 Å². The van der Waals surface area contributed by atoms with Crippen molar-refractivity contribution in [2.75, 3.05) is 0 Å². The molecule has 1 heterocycles. The van der Waals surface area contributed by atoms with Gasteiger partial charge in [-0.25, -0.2) is 4.39 Å². The van der Waals surface area contributed by atoms with Crippen LogP contribution in [0.5, 0.6) is 0 Å². The van der Waals surface area contributed by atoms with E-state index in [1.165, 1.54) is 18.2 Å². The van der Waals surface area contributed by atoms with Crippen molar-refractivity contribution in [3.05, 3.63) is 47.4 Å². The summed E-state index contributed by atoms with van der Waals surface area (Å²) in [5.41, 5.74) is -0.370. The predicted octanol–water partition coefficient (Wildman–Crippen LogP) is 3.92. The first-order valence-electron chi connectivity index (χ1n) is 8.42. The van der Waals surface area contributed by atoms with Gasteiger partial charge in [0.25, 0.3) is 11.8 Å². The number of benzene rings is 1. The maximum absolute atomic E-state index is 13.4. The van der Waals surface area contributed by atoms with Crippen molar-refractivity contribution in [2.24, 2.45) is 0 Å². The van der Waals surface area contributed by atoms with E-state index >= 15 is 0 Å². The Hall–Kier alpha value is -2.24. The number of carbonyl (C=O) groups excluding carboxylic acids is 1. The number of nitrogens with zero attached hydrogens (tertiary/aromatic N) is 2. The molecular weight excluding hydrogens is 309 g/mol. The average molecular weight is 331 g/mol. The van der Waals surface area contributed by atoms with Crippen LogP contribution in [-0.4, -0.2) is 16.0 Å². The third-order valence-corrected chi connectivity index (χ3v) is 4.51. The fourth-order valence-corrected chi connectivity index (χ4v) is 3.13. The molecule has 3 rings (SSSR count). The van der Waals surface area contributed by atoms with Gasteiger partial charge in [0.2, 0.25) is 0 Å². The molecule has 5 nitrogen and oxygen atoms in total. The van der Waals surface area contributed by atoms with E-state index in [1.807, 2.05) is 13.8 Å². The second-order valence-corrected chi connectivity index (χ2v) is 6.72. The van der Waals surface area contributed by atoms with E-state index in [9.17, 15) is 9.18 Å². The zero-order valence-electron chi connectivity index (χ0n) is 14.0. The van der Waals surface area contributed by atoms with Crippen LogP contribution in [0, 0.1) is 5.82 Å². The summed E-state index contributed by atoms with van der Waals surface area (Å²) in [5, 5.41) is 7.08. The lowest BCUT2D eigenvalue weighted by Crippen LogP contribution is -2.47. The fraction of sp³-hybridized carbons (Fsp3) is 0.500. The molecule has 1 fully saturated rings. The van der Waals surface area contributed by atoms with E-state index in [2.05, 4.69) is 15.5 Å². The first-order valence-corrected chi connectivity index (χ1v) is 8.42. The highest BCUT2D eigenvalue weighted by atomic mass is 19.1. The average Bonchev–Trinajstić information content (AvgIpc) is 3.07. The lowest BCUT2D eigenvalue weighted by molar-refractivity contribution is 0.0824. The van der Waals surface area contributed by atoms with Gasteiger partial charge in [-0.05, 0) is 31.0 Å². The number of amides is 1. The number of hydrogen-bond acceptors (Lipinski definition) is 4. The molecule has 1 aromatic carbocycles. The molecule has 1 aliphatic rings. The van der Waals surface area contributed by atoms with Gasteiger partial charge in [0.05, 0.1) is 0 Å². The Balaban J connectivity index is 1.89. The second kappa shape index (κ2) is 6.71. The lowest BCUT2D eigenvalue weighted by Gasteiger charge is -2.34. The summed E-state index contributed by atoms with van der Waals surface area (Å²) in [7, 11) is 0. The maximum atomic E-state index is 13.4. The zero-order chi connectivity index (χ0) is 17.2. The summed E-state index contributed by atoms with van der Waals surface area (Å²) in [5.74, 6) is 0.494.